The first kappa shape index (κ1) is 21.1. The summed E-state index contributed by atoms with van der Waals surface area (Å²) >= 11 is 6.73. The lowest BCUT2D eigenvalue weighted by Crippen LogP contribution is -2.62. The number of carbonyl (C=O) groups is 1. The maximum atomic E-state index is 13.1. The number of pyridine rings is 1. The van der Waals surface area contributed by atoms with Crippen LogP contribution in [-0.2, 0) is 15.1 Å². The molecular formula is C22H23ClN6O2. The first-order valence-electron chi connectivity index (χ1n) is 10.1. The molecule has 2 saturated heterocycles. The van der Waals surface area contributed by atoms with Crippen LogP contribution >= 0.6 is 11.6 Å². The van der Waals surface area contributed by atoms with Gasteiger partial charge < -0.3 is 15.4 Å². The van der Waals surface area contributed by atoms with Crippen molar-refractivity contribution in [1.82, 2.24) is 15.2 Å². The lowest BCUT2D eigenvalue weighted by Gasteiger charge is -2.45. The Morgan fingerprint density at radius 1 is 1.35 bits per heavy atom. The van der Waals surface area contributed by atoms with Crippen molar-refractivity contribution in [3.05, 3.63) is 52.8 Å². The topological polar surface area (TPSA) is 114 Å². The van der Waals surface area contributed by atoms with Crippen molar-refractivity contribution in [2.24, 2.45) is 0 Å². The van der Waals surface area contributed by atoms with Crippen molar-refractivity contribution < 1.29 is 9.53 Å². The van der Waals surface area contributed by atoms with Crippen molar-refractivity contribution in [1.29, 1.82) is 10.7 Å². The van der Waals surface area contributed by atoms with E-state index in [0.29, 0.717) is 35.3 Å². The molecule has 2 aliphatic rings. The number of anilines is 2. The first-order chi connectivity index (χ1) is 14.9. The summed E-state index contributed by atoms with van der Waals surface area (Å²) in [7, 11) is 0. The summed E-state index contributed by atoms with van der Waals surface area (Å²) in [6, 6.07) is 10.9. The van der Waals surface area contributed by atoms with Gasteiger partial charge in [0.25, 0.3) is 0 Å². The number of benzene rings is 1. The molecule has 3 N–H and O–H groups in total. The molecule has 9 heteroatoms. The number of hydrogen-bond acceptors (Lipinski definition) is 6. The van der Waals surface area contributed by atoms with Crippen molar-refractivity contribution in [2.45, 2.75) is 37.8 Å². The van der Waals surface area contributed by atoms with Gasteiger partial charge in [-0.25, -0.2) is 4.98 Å². The summed E-state index contributed by atoms with van der Waals surface area (Å²) in [4.78, 5) is 18.7. The zero-order valence-corrected chi connectivity index (χ0v) is 17.9. The van der Waals surface area contributed by atoms with Gasteiger partial charge in [-0.3, -0.25) is 15.1 Å². The van der Waals surface area contributed by atoms with Gasteiger partial charge in [-0.1, -0.05) is 23.7 Å². The molecule has 1 aromatic carbocycles. The van der Waals surface area contributed by atoms with E-state index in [9.17, 15) is 4.79 Å². The van der Waals surface area contributed by atoms with Gasteiger partial charge in [0, 0.05) is 19.3 Å². The minimum Gasteiger partial charge on any atom is -0.381 e. The molecule has 2 aromatic rings. The molecule has 31 heavy (non-hydrogen) atoms. The maximum Gasteiger partial charge on any atom is 0.232 e. The monoisotopic (exact) mass is 438 g/mol. The average molecular weight is 439 g/mol. The Morgan fingerprint density at radius 3 is 2.77 bits per heavy atom. The van der Waals surface area contributed by atoms with E-state index in [-0.39, 0.29) is 24.3 Å². The third-order valence-corrected chi connectivity index (χ3v) is 6.12. The van der Waals surface area contributed by atoms with Crippen LogP contribution in [0.1, 0.15) is 37.4 Å². The molecule has 0 radical (unpaired) electrons. The van der Waals surface area contributed by atoms with E-state index in [0.717, 1.165) is 18.4 Å². The summed E-state index contributed by atoms with van der Waals surface area (Å²) in [6.45, 7) is 3.08. The van der Waals surface area contributed by atoms with Crippen LogP contribution in [-0.4, -0.2) is 41.0 Å². The fourth-order valence-electron chi connectivity index (χ4n) is 4.11. The second-order valence-electron chi connectivity index (χ2n) is 7.93. The highest BCUT2D eigenvalue weighted by atomic mass is 35.5. The standard InChI is InChI=1S/C22H23ClN6O2/c1-22(11-19(30)29(21(25)28-22)16-7-9-31-10-8-16)17-3-2-4-18(20(17)23)27-15-6-5-14(12-24)26-13-15/h2-6,13,16,27H,7-11H2,1H3,(H2,25,28)/t22-/m0/s1. The number of nitriles is 1. The molecule has 2 aliphatic heterocycles. The molecule has 0 saturated carbocycles. The quantitative estimate of drug-likeness (QED) is 0.673. The maximum absolute atomic E-state index is 13.1. The Bertz CT molecular complexity index is 1020. The second-order valence-corrected chi connectivity index (χ2v) is 8.30. The fraction of sp³-hybridized carbons (Fsp3) is 0.364. The third-order valence-electron chi connectivity index (χ3n) is 5.71. The van der Waals surface area contributed by atoms with E-state index < -0.39 is 5.54 Å². The predicted molar refractivity (Wildman–Crippen MR) is 117 cm³/mol. The van der Waals surface area contributed by atoms with Crippen molar-refractivity contribution in [3.63, 3.8) is 0 Å². The van der Waals surface area contributed by atoms with E-state index in [1.807, 2.05) is 31.2 Å². The lowest BCUT2D eigenvalue weighted by atomic mass is 9.85. The number of ether oxygens (including phenoxy) is 1. The van der Waals surface area contributed by atoms with E-state index in [1.54, 1.807) is 23.2 Å². The van der Waals surface area contributed by atoms with E-state index >= 15 is 0 Å². The largest absolute Gasteiger partial charge is 0.381 e. The van der Waals surface area contributed by atoms with E-state index in [1.165, 1.54) is 0 Å². The summed E-state index contributed by atoms with van der Waals surface area (Å²) in [5, 5.41) is 24.3. The fourth-order valence-corrected chi connectivity index (χ4v) is 4.50. The SMILES string of the molecule is C[C@@]1(c2cccc(Nc3ccc(C#N)nc3)c2Cl)CC(=O)N(C2CCOCC2)C(=N)N1. The Balaban J connectivity index is 1.57. The van der Waals surface area contributed by atoms with Gasteiger partial charge in [0.05, 0.1) is 34.6 Å². The molecule has 160 valence electrons. The number of halogens is 1. The zero-order valence-electron chi connectivity index (χ0n) is 17.1. The summed E-state index contributed by atoms with van der Waals surface area (Å²) < 4.78 is 5.39. The molecule has 1 amide bonds. The van der Waals surface area contributed by atoms with Gasteiger partial charge in [-0.2, -0.15) is 5.26 Å². The number of rotatable bonds is 4. The molecule has 2 fully saturated rings. The number of hydrogen-bond donors (Lipinski definition) is 3. The minimum atomic E-state index is -0.812. The van der Waals surface area contributed by atoms with Crippen LogP contribution in [0.3, 0.4) is 0 Å². The molecule has 1 atom stereocenters. The predicted octanol–water partition coefficient (Wildman–Crippen LogP) is 3.50. The van der Waals surface area contributed by atoms with Crippen LogP contribution in [0.25, 0.3) is 0 Å². The highest BCUT2D eigenvalue weighted by molar-refractivity contribution is 6.34. The van der Waals surface area contributed by atoms with Crippen molar-refractivity contribution >= 4 is 34.8 Å². The van der Waals surface area contributed by atoms with Gasteiger partial charge >= 0.3 is 0 Å². The van der Waals surface area contributed by atoms with Gasteiger partial charge in [0.2, 0.25) is 5.91 Å². The number of aromatic nitrogens is 1. The normalized spacial score (nSPS) is 22.0. The smallest absolute Gasteiger partial charge is 0.232 e. The van der Waals surface area contributed by atoms with Crippen LogP contribution in [0.15, 0.2) is 36.5 Å². The molecule has 0 bridgehead atoms. The number of nitrogens with zero attached hydrogens (tertiary/aromatic N) is 3. The van der Waals surface area contributed by atoms with E-state index in [2.05, 4.69) is 15.6 Å². The highest BCUT2D eigenvalue weighted by Crippen LogP contribution is 2.39. The van der Waals surface area contributed by atoms with Crippen molar-refractivity contribution in [3.8, 4) is 6.07 Å². The summed E-state index contributed by atoms with van der Waals surface area (Å²) in [5.74, 6) is 0.000224. The van der Waals surface area contributed by atoms with E-state index in [4.69, 9.17) is 27.0 Å². The molecule has 1 aromatic heterocycles. The summed E-state index contributed by atoms with van der Waals surface area (Å²) in [6.07, 6.45) is 3.21. The Labute approximate surface area is 185 Å². The van der Waals surface area contributed by atoms with Crippen molar-refractivity contribution in [2.75, 3.05) is 18.5 Å². The molecule has 0 unspecified atom stereocenters. The van der Waals surface area contributed by atoms with Crippen LogP contribution in [0.5, 0.6) is 0 Å². The number of guanidine groups is 1. The minimum absolute atomic E-state index is 0.0156. The second kappa shape index (κ2) is 8.53. The van der Waals surface area contributed by atoms with Gasteiger partial charge in [-0.15, -0.1) is 0 Å². The van der Waals surface area contributed by atoms with Crippen LogP contribution in [0, 0.1) is 16.7 Å². The summed E-state index contributed by atoms with van der Waals surface area (Å²) in [5.41, 5.74) is 1.59. The molecule has 0 aliphatic carbocycles. The van der Waals surface area contributed by atoms with Crippen LogP contribution < -0.4 is 10.6 Å². The Hall–Kier alpha value is -3.15. The van der Waals surface area contributed by atoms with Gasteiger partial charge in [0.15, 0.2) is 5.96 Å². The molecule has 4 rings (SSSR count). The third kappa shape index (κ3) is 4.20. The Kier molecular flexibility index (Phi) is 5.81. The van der Waals surface area contributed by atoms with Gasteiger partial charge in [0.1, 0.15) is 11.8 Å². The van der Waals surface area contributed by atoms with Crippen LogP contribution in [0.2, 0.25) is 5.02 Å². The lowest BCUT2D eigenvalue weighted by molar-refractivity contribution is -0.133. The number of carbonyl (C=O) groups excluding carboxylic acids is 1. The molecular weight excluding hydrogens is 416 g/mol. The Morgan fingerprint density at radius 2 is 2.13 bits per heavy atom. The van der Waals surface area contributed by atoms with Gasteiger partial charge in [-0.05, 0) is 43.5 Å². The zero-order chi connectivity index (χ0) is 22.0. The molecule has 0 spiro atoms. The number of nitrogens with one attached hydrogen (secondary N) is 3. The molecule has 3 heterocycles. The highest BCUT2D eigenvalue weighted by Gasteiger charge is 2.43. The number of amides is 1. The molecule has 8 nitrogen and oxygen atoms in total. The average Bonchev–Trinajstić information content (AvgIpc) is 2.76. The van der Waals surface area contributed by atoms with Crippen LogP contribution in [0.4, 0.5) is 11.4 Å². The first-order valence-corrected chi connectivity index (χ1v) is 10.5.